The summed E-state index contributed by atoms with van der Waals surface area (Å²) in [7, 11) is 1.91. The number of rotatable bonds is 4. The SMILES string of the molecule is Cn1ccc(CC(=O)NCCO)c1. The fourth-order valence-electron chi connectivity index (χ4n) is 1.11. The molecule has 0 aliphatic heterocycles. The molecule has 4 heteroatoms. The zero-order chi connectivity index (χ0) is 9.68. The van der Waals surface area contributed by atoms with Crippen LogP contribution >= 0.6 is 0 Å². The molecule has 72 valence electrons. The zero-order valence-corrected chi connectivity index (χ0v) is 7.66. The van der Waals surface area contributed by atoms with Crippen molar-refractivity contribution in [1.82, 2.24) is 9.88 Å². The Morgan fingerprint density at radius 2 is 2.46 bits per heavy atom. The van der Waals surface area contributed by atoms with E-state index in [-0.39, 0.29) is 12.5 Å². The van der Waals surface area contributed by atoms with E-state index in [0.29, 0.717) is 13.0 Å². The molecule has 1 aromatic heterocycles. The van der Waals surface area contributed by atoms with E-state index in [1.54, 1.807) is 0 Å². The maximum Gasteiger partial charge on any atom is 0.224 e. The molecule has 1 aromatic rings. The van der Waals surface area contributed by atoms with Gasteiger partial charge in [0.15, 0.2) is 0 Å². The molecule has 0 spiro atoms. The molecule has 2 N–H and O–H groups in total. The van der Waals surface area contributed by atoms with Gasteiger partial charge < -0.3 is 15.0 Å². The van der Waals surface area contributed by atoms with E-state index in [2.05, 4.69) is 5.32 Å². The molecule has 0 aliphatic carbocycles. The zero-order valence-electron chi connectivity index (χ0n) is 7.66. The van der Waals surface area contributed by atoms with E-state index in [1.807, 2.05) is 30.1 Å². The van der Waals surface area contributed by atoms with Crippen molar-refractivity contribution in [3.05, 3.63) is 24.0 Å². The highest BCUT2D eigenvalue weighted by Gasteiger charge is 2.02. The summed E-state index contributed by atoms with van der Waals surface area (Å²) in [6.45, 7) is 0.312. The molecular weight excluding hydrogens is 168 g/mol. The number of aliphatic hydroxyl groups excluding tert-OH is 1. The molecule has 0 aliphatic rings. The van der Waals surface area contributed by atoms with Crippen LogP contribution in [0.15, 0.2) is 18.5 Å². The molecule has 0 unspecified atom stereocenters. The third kappa shape index (κ3) is 3.29. The van der Waals surface area contributed by atoms with Gasteiger partial charge in [0.1, 0.15) is 0 Å². The first-order chi connectivity index (χ1) is 6.22. The van der Waals surface area contributed by atoms with E-state index in [1.165, 1.54) is 0 Å². The van der Waals surface area contributed by atoms with Crippen LogP contribution in [0, 0.1) is 0 Å². The first kappa shape index (κ1) is 9.80. The summed E-state index contributed by atoms with van der Waals surface area (Å²) < 4.78 is 1.90. The summed E-state index contributed by atoms with van der Waals surface area (Å²) in [6, 6.07) is 1.90. The first-order valence-corrected chi connectivity index (χ1v) is 4.21. The maximum absolute atomic E-state index is 11.1. The summed E-state index contributed by atoms with van der Waals surface area (Å²) in [5.74, 6) is -0.0553. The van der Waals surface area contributed by atoms with Crippen molar-refractivity contribution >= 4 is 5.91 Å². The highest BCUT2D eigenvalue weighted by molar-refractivity contribution is 5.78. The lowest BCUT2D eigenvalue weighted by Crippen LogP contribution is -2.27. The number of aliphatic hydroxyl groups is 1. The van der Waals surface area contributed by atoms with Crippen molar-refractivity contribution in [2.24, 2.45) is 7.05 Å². The van der Waals surface area contributed by atoms with Gasteiger partial charge in [-0.05, 0) is 11.6 Å². The molecule has 4 nitrogen and oxygen atoms in total. The normalized spacial score (nSPS) is 10.0. The number of aromatic nitrogens is 1. The lowest BCUT2D eigenvalue weighted by Gasteiger charge is -2.00. The van der Waals surface area contributed by atoms with E-state index < -0.39 is 0 Å². The molecule has 0 bridgehead atoms. The lowest BCUT2D eigenvalue weighted by atomic mass is 10.2. The summed E-state index contributed by atoms with van der Waals surface area (Å²) >= 11 is 0. The number of nitrogens with zero attached hydrogens (tertiary/aromatic N) is 1. The van der Waals surface area contributed by atoms with E-state index in [9.17, 15) is 4.79 Å². The number of hydrogen-bond acceptors (Lipinski definition) is 2. The number of nitrogens with one attached hydrogen (secondary N) is 1. The molecule has 1 rings (SSSR count). The Morgan fingerprint density at radius 1 is 1.69 bits per heavy atom. The molecule has 0 saturated heterocycles. The average Bonchev–Trinajstić information content (AvgIpc) is 2.48. The Bertz CT molecular complexity index is 281. The van der Waals surface area contributed by atoms with Crippen molar-refractivity contribution in [3.63, 3.8) is 0 Å². The largest absolute Gasteiger partial charge is 0.395 e. The Labute approximate surface area is 77.2 Å². The summed E-state index contributed by atoms with van der Waals surface area (Å²) in [5.41, 5.74) is 0.984. The minimum absolute atomic E-state index is 0.0134. The number of amides is 1. The fourth-order valence-corrected chi connectivity index (χ4v) is 1.11. The van der Waals surface area contributed by atoms with Crippen LogP contribution in [0.5, 0.6) is 0 Å². The van der Waals surface area contributed by atoms with Crippen LogP contribution in [-0.4, -0.2) is 28.7 Å². The van der Waals surface area contributed by atoms with Gasteiger partial charge >= 0.3 is 0 Å². The smallest absolute Gasteiger partial charge is 0.224 e. The molecule has 1 heterocycles. The molecular formula is C9H14N2O2. The van der Waals surface area contributed by atoms with Gasteiger partial charge in [-0.3, -0.25) is 4.79 Å². The van der Waals surface area contributed by atoms with Gasteiger partial charge in [0.2, 0.25) is 5.91 Å². The topological polar surface area (TPSA) is 54.3 Å². The summed E-state index contributed by atoms with van der Waals surface area (Å²) in [6.07, 6.45) is 4.17. The summed E-state index contributed by atoms with van der Waals surface area (Å²) in [4.78, 5) is 11.1. The van der Waals surface area contributed by atoms with Crippen LogP contribution in [0.1, 0.15) is 5.56 Å². The molecule has 1 amide bonds. The molecule has 0 aromatic carbocycles. The number of hydrogen-bond donors (Lipinski definition) is 2. The Hall–Kier alpha value is -1.29. The van der Waals surface area contributed by atoms with E-state index in [0.717, 1.165) is 5.56 Å². The molecule has 13 heavy (non-hydrogen) atoms. The van der Waals surface area contributed by atoms with E-state index >= 15 is 0 Å². The Kier molecular flexibility index (Phi) is 3.52. The van der Waals surface area contributed by atoms with Crippen LogP contribution in [0.4, 0.5) is 0 Å². The van der Waals surface area contributed by atoms with Gasteiger partial charge in [-0.1, -0.05) is 0 Å². The number of carbonyl (C=O) groups excluding carboxylic acids is 1. The fraction of sp³-hybridized carbons (Fsp3) is 0.444. The third-order valence-corrected chi connectivity index (χ3v) is 1.69. The molecule has 0 saturated carbocycles. The average molecular weight is 182 g/mol. The molecule has 0 atom stereocenters. The van der Waals surface area contributed by atoms with Crippen molar-refractivity contribution in [2.75, 3.05) is 13.2 Å². The number of carbonyl (C=O) groups is 1. The van der Waals surface area contributed by atoms with Crippen LogP contribution in [0.3, 0.4) is 0 Å². The van der Waals surface area contributed by atoms with Gasteiger partial charge in [-0.15, -0.1) is 0 Å². The van der Waals surface area contributed by atoms with E-state index in [4.69, 9.17) is 5.11 Å². The van der Waals surface area contributed by atoms with Gasteiger partial charge in [0, 0.05) is 26.0 Å². The Balaban J connectivity index is 2.36. The predicted octanol–water partition coefficient (Wildman–Crippen LogP) is -0.324. The second-order valence-electron chi connectivity index (χ2n) is 2.94. The third-order valence-electron chi connectivity index (χ3n) is 1.69. The van der Waals surface area contributed by atoms with Crippen LogP contribution in [-0.2, 0) is 18.3 Å². The van der Waals surface area contributed by atoms with Crippen molar-refractivity contribution in [2.45, 2.75) is 6.42 Å². The van der Waals surface area contributed by atoms with Crippen LogP contribution < -0.4 is 5.32 Å². The van der Waals surface area contributed by atoms with Crippen molar-refractivity contribution < 1.29 is 9.90 Å². The number of aryl methyl sites for hydroxylation is 1. The van der Waals surface area contributed by atoms with Crippen LogP contribution in [0.2, 0.25) is 0 Å². The summed E-state index contributed by atoms with van der Waals surface area (Å²) in [5, 5.41) is 11.1. The standard InChI is InChI=1S/C9H14N2O2/c1-11-4-2-8(7-11)6-9(13)10-3-5-12/h2,4,7,12H,3,5-6H2,1H3,(H,10,13). The quantitative estimate of drug-likeness (QED) is 0.670. The second-order valence-corrected chi connectivity index (χ2v) is 2.94. The molecule has 0 radical (unpaired) electrons. The van der Waals surface area contributed by atoms with Gasteiger partial charge in [0.05, 0.1) is 13.0 Å². The van der Waals surface area contributed by atoms with Crippen molar-refractivity contribution in [1.29, 1.82) is 0 Å². The van der Waals surface area contributed by atoms with Gasteiger partial charge in [0.25, 0.3) is 0 Å². The predicted molar refractivity (Wildman–Crippen MR) is 49.2 cm³/mol. The Morgan fingerprint density at radius 3 is 3.00 bits per heavy atom. The first-order valence-electron chi connectivity index (χ1n) is 4.21. The minimum Gasteiger partial charge on any atom is -0.395 e. The minimum atomic E-state index is -0.0553. The lowest BCUT2D eigenvalue weighted by molar-refractivity contribution is -0.120. The maximum atomic E-state index is 11.1. The molecule has 0 fully saturated rings. The van der Waals surface area contributed by atoms with Crippen LogP contribution in [0.25, 0.3) is 0 Å². The highest BCUT2D eigenvalue weighted by atomic mass is 16.3. The van der Waals surface area contributed by atoms with Gasteiger partial charge in [-0.25, -0.2) is 0 Å². The second kappa shape index (κ2) is 4.67. The van der Waals surface area contributed by atoms with Gasteiger partial charge in [-0.2, -0.15) is 0 Å². The monoisotopic (exact) mass is 182 g/mol. The van der Waals surface area contributed by atoms with Crippen molar-refractivity contribution in [3.8, 4) is 0 Å². The highest BCUT2D eigenvalue weighted by Crippen LogP contribution is 1.99.